The largest absolute Gasteiger partial charge is 0.323 e. The van der Waals surface area contributed by atoms with E-state index in [1.807, 2.05) is 0 Å². The highest BCUT2D eigenvalue weighted by Crippen LogP contribution is 2.21. The number of hydrogen-bond donors (Lipinski definition) is 1. The van der Waals surface area contributed by atoms with Crippen molar-refractivity contribution in [3.05, 3.63) is 35.4 Å². The predicted molar refractivity (Wildman–Crippen MR) is 90.5 cm³/mol. The molecule has 1 aromatic carbocycles. The van der Waals surface area contributed by atoms with Gasteiger partial charge < -0.3 is 5.73 Å². The topological polar surface area (TPSA) is 32.5 Å². The highest BCUT2D eigenvalue weighted by atomic mass is 15.3. The fraction of sp³-hybridized carbons (Fsp3) is 0.667. The summed E-state index contributed by atoms with van der Waals surface area (Å²) in [7, 11) is 2.21. The van der Waals surface area contributed by atoms with Gasteiger partial charge in [0.1, 0.15) is 0 Å². The summed E-state index contributed by atoms with van der Waals surface area (Å²) in [4.78, 5) is 4.94. The van der Waals surface area contributed by atoms with E-state index in [9.17, 15) is 0 Å². The van der Waals surface area contributed by atoms with Gasteiger partial charge in [0.15, 0.2) is 0 Å². The summed E-state index contributed by atoms with van der Waals surface area (Å²) in [5, 5.41) is 0. The van der Waals surface area contributed by atoms with E-state index >= 15 is 0 Å². The van der Waals surface area contributed by atoms with Gasteiger partial charge in [-0.15, -0.1) is 0 Å². The van der Waals surface area contributed by atoms with Gasteiger partial charge in [-0.3, -0.25) is 9.80 Å². The van der Waals surface area contributed by atoms with Crippen molar-refractivity contribution < 1.29 is 0 Å². The standard InChI is InChI=1S/C18H31N3/c1-5-6-15-7-9-16(10-8-15)17(19)13-21-12-11-20(4)18(2,3)14-21/h7-10,17H,5-6,11-14,19H2,1-4H3. The van der Waals surface area contributed by atoms with Crippen LogP contribution in [-0.4, -0.2) is 48.6 Å². The Morgan fingerprint density at radius 3 is 2.43 bits per heavy atom. The molecule has 1 aromatic rings. The summed E-state index contributed by atoms with van der Waals surface area (Å²) in [6, 6.07) is 8.98. The third kappa shape index (κ3) is 4.29. The maximum atomic E-state index is 6.42. The summed E-state index contributed by atoms with van der Waals surface area (Å²) in [6.07, 6.45) is 2.35. The smallest absolute Gasteiger partial charge is 0.0424 e. The molecule has 21 heavy (non-hydrogen) atoms. The van der Waals surface area contributed by atoms with Crippen molar-refractivity contribution in [1.29, 1.82) is 0 Å². The van der Waals surface area contributed by atoms with E-state index in [-0.39, 0.29) is 11.6 Å². The zero-order valence-corrected chi connectivity index (χ0v) is 14.1. The lowest BCUT2D eigenvalue weighted by Crippen LogP contribution is -2.58. The third-order valence-electron chi connectivity index (χ3n) is 4.80. The quantitative estimate of drug-likeness (QED) is 0.904. The van der Waals surface area contributed by atoms with Gasteiger partial charge >= 0.3 is 0 Å². The van der Waals surface area contributed by atoms with Gasteiger partial charge in [-0.25, -0.2) is 0 Å². The highest BCUT2D eigenvalue weighted by molar-refractivity contribution is 5.25. The monoisotopic (exact) mass is 289 g/mol. The maximum absolute atomic E-state index is 6.42. The van der Waals surface area contributed by atoms with Gasteiger partial charge in [0.2, 0.25) is 0 Å². The second-order valence-electron chi connectivity index (χ2n) is 7.07. The molecular formula is C18H31N3. The van der Waals surface area contributed by atoms with E-state index < -0.39 is 0 Å². The number of aryl methyl sites for hydroxylation is 1. The van der Waals surface area contributed by atoms with Crippen molar-refractivity contribution >= 4 is 0 Å². The molecule has 1 fully saturated rings. The molecule has 0 radical (unpaired) electrons. The first kappa shape index (κ1) is 16.5. The van der Waals surface area contributed by atoms with Crippen molar-refractivity contribution in [1.82, 2.24) is 9.80 Å². The number of rotatable bonds is 5. The Balaban J connectivity index is 1.93. The average Bonchev–Trinajstić information content (AvgIpc) is 2.44. The molecule has 1 atom stereocenters. The second-order valence-corrected chi connectivity index (χ2v) is 7.07. The molecule has 3 heteroatoms. The van der Waals surface area contributed by atoms with Crippen molar-refractivity contribution in [2.75, 3.05) is 33.2 Å². The van der Waals surface area contributed by atoms with Crippen LogP contribution in [-0.2, 0) is 6.42 Å². The second kappa shape index (κ2) is 6.91. The minimum absolute atomic E-state index is 0.111. The third-order valence-corrected chi connectivity index (χ3v) is 4.80. The minimum Gasteiger partial charge on any atom is -0.323 e. The average molecular weight is 289 g/mol. The molecule has 2 N–H and O–H groups in total. The van der Waals surface area contributed by atoms with Gasteiger partial charge in [-0.2, -0.15) is 0 Å². The van der Waals surface area contributed by atoms with E-state index in [1.165, 1.54) is 17.5 Å². The first-order valence-corrected chi connectivity index (χ1v) is 8.20. The fourth-order valence-electron chi connectivity index (χ4n) is 3.10. The van der Waals surface area contributed by atoms with E-state index in [1.54, 1.807) is 0 Å². The SMILES string of the molecule is CCCc1ccc(C(N)CN2CCN(C)C(C)(C)C2)cc1. The summed E-state index contributed by atoms with van der Waals surface area (Å²) in [5.74, 6) is 0. The molecule has 1 aliphatic heterocycles. The molecule has 0 aromatic heterocycles. The number of likely N-dealkylation sites (N-methyl/N-ethyl adjacent to an activating group) is 1. The Kier molecular flexibility index (Phi) is 5.42. The van der Waals surface area contributed by atoms with Crippen molar-refractivity contribution in [2.45, 2.75) is 45.2 Å². The van der Waals surface area contributed by atoms with Gasteiger partial charge in [0.25, 0.3) is 0 Å². The summed E-state index contributed by atoms with van der Waals surface area (Å²) in [6.45, 7) is 11.1. The lowest BCUT2D eigenvalue weighted by atomic mass is 9.98. The van der Waals surface area contributed by atoms with Crippen LogP contribution in [0.25, 0.3) is 0 Å². The van der Waals surface area contributed by atoms with Crippen LogP contribution in [0.5, 0.6) is 0 Å². The maximum Gasteiger partial charge on any atom is 0.0424 e. The first-order valence-electron chi connectivity index (χ1n) is 8.20. The van der Waals surface area contributed by atoms with Gasteiger partial charge in [-0.05, 0) is 38.4 Å². The van der Waals surface area contributed by atoms with Crippen molar-refractivity contribution in [2.24, 2.45) is 5.73 Å². The van der Waals surface area contributed by atoms with Crippen LogP contribution in [0.2, 0.25) is 0 Å². The molecule has 1 unspecified atom stereocenters. The minimum atomic E-state index is 0.111. The van der Waals surface area contributed by atoms with Crippen LogP contribution >= 0.6 is 0 Å². The predicted octanol–water partition coefficient (Wildman–Crippen LogP) is 2.66. The van der Waals surface area contributed by atoms with Crippen LogP contribution in [0.4, 0.5) is 0 Å². The van der Waals surface area contributed by atoms with Crippen LogP contribution in [0.15, 0.2) is 24.3 Å². The normalized spacial score (nSPS) is 21.4. The molecule has 0 amide bonds. The molecule has 0 aliphatic carbocycles. The molecule has 1 heterocycles. The summed E-state index contributed by atoms with van der Waals surface area (Å²) in [5.41, 5.74) is 9.32. The molecular weight excluding hydrogens is 258 g/mol. The Morgan fingerprint density at radius 1 is 1.19 bits per heavy atom. The molecule has 0 spiro atoms. The lowest BCUT2D eigenvalue weighted by molar-refractivity contribution is 0.0372. The lowest BCUT2D eigenvalue weighted by Gasteiger charge is -2.46. The Labute approximate surface area is 130 Å². The van der Waals surface area contributed by atoms with Gasteiger partial charge in [-0.1, -0.05) is 37.6 Å². The van der Waals surface area contributed by atoms with Crippen LogP contribution < -0.4 is 5.73 Å². The summed E-state index contributed by atoms with van der Waals surface area (Å²) >= 11 is 0. The van der Waals surface area contributed by atoms with Crippen LogP contribution in [0, 0.1) is 0 Å². The van der Waals surface area contributed by atoms with Crippen LogP contribution in [0.3, 0.4) is 0 Å². The van der Waals surface area contributed by atoms with Gasteiger partial charge in [0.05, 0.1) is 0 Å². The van der Waals surface area contributed by atoms with E-state index in [0.717, 1.165) is 32.6 Å². The number of hydrogen-bond acceptors (Lipinski definition) is 3. The molecule has 2 rings (SSSR count). The Bertz CT molecular complexity index is 438. The Morgan fingerprint density at radius 2 is 1.86 bits per heavy atom. The van der Waals surface area contributed by atoms with Crippen molar-refractivity contribution in [3.63, 3.8) is 0 Å². The molecule has 1 aliphatic rings. The van der Waals surface area contributed by atoms with Crippen LogP contribution in [0.1, 0.15) is 44.4 Å². The molecule has 118 valence electrons. The fourth-order valence-corrected chi connectivity index (χ4v) is 3.10. The number of benzene rings is 1. The molecule has 0 saturated carbocycles. The zero-order valence-electron chi connectivity index (χ0n) is 14.1. The van der Waals surface area contributed by atoms with Crippen molar-refractivity contribution in [3.8, 4) is 0 Å². The molecule has 0 bridgehead atoms. The van der Waals surface area contributed by atoms with E-state index in [2.05, 4.69) is 61.9 Å². The molecule has 3 nitrogen and oxygen atoms in total. The number of nitrogens with two attached hydrogens (primary N) is 1. The van der Waals surface area contributed by atoms with E-state index in [4.69, 9.17) is 5.73 Å². The van der Waals surface area contributed by atoms with E-state index in [0.29, 0.717) is 0 Å². The number of nitrogens with zero attached hydrogens (tertiary/aromatic N) is 2. The Hall–Kier alpha value is -0.900. The van der Waals surface area contributed by atoms with Gasteiger partial charge in [0, 0.05) is 37.8 Å². The number of piperazine rings is 1. The zero-order chi connectivity index (χ0) is 15.5. The highest BCUT2D eigenvalue weighted by Gasteiger charge is 2.31. The molecule has 1 saturated heterocycles. The summed E-state index contributed by atoms with van der Waals surface area (Å²) < 4.78 is 0. The first-order chi connectivity index (χ1) is 9.92.